The summed E-state index contributed by atoms with van der Waals surface area (Å²) >= 11 is 0. The molecule has 0 aromatic heterocycles. The van der Waals surface area contributed by atoms with Gasteiger partial charge in [-0.15, -0.1) is 0 Å². The third kappa shape index (κ3) is 5.58. The number of rotatable bonds is 7. The summed E-state index contributed by atoms with van der Waals surface area (Å²) < 4.78 is 5.58. The molecule has 1 aliphatic rings. The fourth-order valence-electron chi connectivity index (χ4n) is 3.24. The summed E-state index contributed by atoms with van der Waals surface area (Å²) in [7, 11) is 0. The highest BCUT2D eigenvalue weighted by Gasteiger charge is 2.28. The van der Waals surface area contributed by atoms with Crippen molar-refractivity contribution in [2.75, 3.05) is 19.7 Å². The van der Waals surface area contributed by atoms with Gasteiger partial charge in [0.15, 0.2) is 0 Å². The topological polar surface area (TPSA) is 58.6 Å². The summed E-state index contributed by atoms with van der Waals surface area (Å²) in [5.41, 5.74) is 0.811. The number of carbonyl (C=O) groups is 2. The van der Waals surface area contributed by atoms with Gasteiger partial charge in [0.05, 0.1) is 13.0 Å². The molecule has 0 bridgehead atoms. The average Bonchev–Trinajstić information content (AvgIpc) is 2.73. The van der Waals surface area contributed by atoms with Gasteiger partial charge in [0.2, 0.25) is 11.8 Å². The maximum atomic E-state index is 13.0. The number of hydrogen-bond donors (Lipinski definition) is 1. The van der Waals surface area contributed by atoms with Crippen LogP contribution in [0.1, 0.15) is 37.3 Å². The lowest BCUT2D eigenvalue weighted by atomic mass is 10.0. The van der Waals surface area contributed by atoms with Crippen LogP contribution in [-0.4, -0.2) is 36.4 Å². The molecule has 1 N–H and O–H groups in total. The van der Waals surface area contributed by atoms with E-state index in [1.165, 1.54) is 0 Å². The lowest BCUT2D eigenvalue weighted by molar-refractivity contribution is -0.137. The Morgan fingerprint density at radius 2 is 1.56 bits per heavy atom. The Labute approximate surface area is 160 Å². The third-order valence-electron chi connectivity index (χ3n) is 4.69. The smallest absolute Gasteiger partial charge is 0.249 e. The lowest BCUT2D eigenvalue weighted by Crippen LogP contribution is -2.45. The number of benzene rings is 2. The maximum absolute atomic E-state index is 13.0. The first-order valence-electron chi connectivity index (χ1n) is 9.55. The largest absolute Gasteiger partial charge is 0.493 e. The average molecular weight is 366 g/mol. The van der Waals surface area contributed by atoms with Crippen LogP contribution in [0, 0.1) is 0 Å². The Hall–Kier alpha value is -2.82. The molecule has 1 aliphatic heterocycles. The minimum Gasteiger partial charge on any atom is -0.493 e. The van der Waals surface area contributed by atoms with E-state index in [-0.39, 0.29) is 24.8 Å². The number of piperidine rings is 1. The Balaban J connectivity index is 1.60. The van der Waals surface area contributed by atoms with Crippen LogP contribution in [0.5, 0.6) is 5.75 Å². The van der Waals surface area contributed by atoms with E-state index >= 15 is 0 Å². The van der Waals surface area contributed by atoms with Crippen LogP contribution in [0.15, 0.2) is 60.7 Å². The summed E-state index contributed by atoms with van der Waals surface area (Å²) in [6.45, 7) is 1.79. The van der Waals surface area contributed by atoms with E-state index in [9.17, 15) is 9.59 Å². The van der Waals surface area contributed by atoms with Gasteiger partial charge in [-0.1, -0.05) is 48.5 Å². The van der Waals surface area contributed by atoms with E-state index in [0.29, 0.717) is 0 Å². The number of nitrogens with one attached hydrogen (secondary N) is 1. The second-order valence-corrected chi connectivity index (χ2v) is 6.71. The molecule has 0 aliphatic carbocycles. The molecule has 5 heteroatoms. The highest BCUT2D eigenvalue weighted by molar-refractivity contribution is 5.88. The number of ether oxygens (including phenoxy) is 1. The first-order valence-corrected chi connectivity index (χ1v) is 9.55. The molecule has 1 fully saturated rings. The van der Waals surface area contributed by atoms with Crippen molar-refractivity contribution < 1.29 is 14.3 Å². The predicted molar refractivity (Wildman–Crippen MR) is 104 cm³/mol. The third-order valence-corrected chi connectivity index (χ3v) is 4.69. The molecule has 3 rings (SSSR count). The molecule has 0 unspecified atom stereocenters. The number of nitrogens with zero attached hydrogens (tertiary/aromatic N) is 1. The first kappa shape index (κ1) is 19.0. The Morgan fingerprint density at radius 1 is 0.926 bits per heavy atom. The summed E-state index contributed by atoms with van der Waals surface area (Å²) in [4.78, 5) is 27.3. The van der Waals surface area contributed by atoms with Gasteiger partial charge in [-0.3, -0.25) is 9.59 Å². The van der Waals surface area contributed by atoms with Gasteiger partial charge in [0, 0.05) is 13.1 Å². The number of likely N-dealkylation sites (tertiary alicyclic amines) is 1. The van der Waals surface area contributed by atoms with Crippen LogP contribution in [0.2, 0.25) is 0 Å². The van der Waals surface area contributed by atoms with Crippen molar-refractivity contribution in [3.8, 4) is 5.75 Å². The number of para-hydroxylation sites is 1. The highest BCUT2D eigenvalue weighted by Crippen LogP contribution is 2.19. The van der Waals surface area contributed by atoms with Crippen molar-refractivity contribution in [1.29, 1.82) is 0 Å². The molecule has 2 aromatic rings. The zero-order valence-electron chi connectivity index (χ0n) is 15.5. The lowest BCUT2D eigenvalue weighted by Gasteiger charge is -2.31. The molecule has 0 spiro atoms. The van der Waals surface area contributed by atoms with Crippen LogP contribution < -0.4 is 10.1 Å². The molecule has 142 valence electrons. The van der Waals surface area contributed by atoms with Crippen molar-refractivity contribution in [3.63, 3.8) is 0 Å². The van der Waals surface area contributed by atoms with Gasteiger partial charge in [0.1, 0.15) is 11.8 Å². The van der Waals surface area contributed by atoms with E-state index < -0.39 is 6.04 Å². The molecule has 5 nitrogen and oxygen atoms in total. The standard InChI is InChI=1S/C22H26N2O3/c25-20(14-17-27-19-12-6-2-7-13-19)23-21(18-10-4-1-5-11-18)22(26)24-15-8-3-9-16-24/h1-2,4-7,10-13,21H,3,8-9,14-17H2,(H,23,25)/t21-/m0/s1. The first-order chi connectivity index (χ1) is 13.2. The number of amides is 2. The fourth-order valence-corrected chi connectivity index (χ4v) is 3.24. The van der Waals surface area contributed by atoms with Crippen LogP contribution in [0.3, 0.4) is 0 Å². The van der Waals surface area contributed by atoms with Crippen molar-refractivity contribution in [2.45, 2.75) is 31.7 Å². The van der Waals surface area contributed by atoms with Crippen molar-refractivity contribution in [3.05, 3.63) is 66.2 Å². The van der Waals surface area contributed by atoms with E-state index in [4.69, 9.17) is 4.74 Å². The van der Waals surface area contributed by atoms with Gasteiger partial charge in [0.25, 0.3) is 0 Å². The zero-order valence-corrected chi connectivity index (χ0v) is 15.5. The normalized spacial score (nSPS) is 15.0. The monoisotopic (exact) mass is 366 g/mol. The van der Waals surface area contributed by atoms with Gasteiger partial charge < -0.3 is 15.0 Å². The van der Waals surface area contributed by atoms with Crippen LogP contribution in [-0.2, 0) is 9.59 Å². The Bertz CT molecular complexity index is 728. The molecule has 1 heterocycles. The van der Waals surface area contributed by atoms with E-state index in [1.54, 1.807) is 0 Å². The quantitative estimate of drug-likeness (QED) is 0.818. The van der Waals surface area contributed by atoms with Gasteiger partial charge in [-0.25, -0.2) is 0 Å². The minimum atomic E-state index is -0.645. The molecule has 1 atom stereocenters. The van der Waals surface area contributed by atoms with Crippen molar-refractivity contribution >= 4 is 11.8 Å². The van der Waals surface area contributed by atoms with Gasteiger partial charge in [-0.05, 0) is 37.0 Å². The fraction of sp³-hybridized carbons (Fsp3) is 0.364. The van der Waals surface area contributed by atoms with Gasteiger partial charge >= 0.3 is 0 Å². The van der Waals surface area contributed by atoms with Crippen LogP contribution in [0.25, 0.3) is 0 Å². The second-order valence-electron chi connectivity index (χ2n) is 6.71. The van der Waals surface area contributed by atoms with Crippen LogP contribution >= 0.6 is 0 Å². The SMILES string of the molecule is O=C(CCOc1ccccc1)N[C@H](C(=O)N1CCCCC1)c1ccccc1. The molecule has 1 saturated heterocycles. The summed E-state index contributed by atoms with van der Waals surface area (Å²) in [6, 6.07) is 18.2. The second kappa shape index (κ2) is 9.76. The number of carbonyl (C=O) groups excluding carboxylic acids is 2. The van der Waals surface area contributed by atoms with E-state index in [1.807, 2.05) is 65.6 Å². The molecule has 0 saturated carbocycles. The zero-order chi connectivity index (χ0) is 18.9. The summed E-state index contributed by atoms with van der Waals surface area (Å²) in [5.74, 6) is 0.512. The van der Waals surface area contributed by atoms with E-state index in [0.717, 1.165) is 43.7 Å². The molecular formula is C22H26N2O3. The molecule has 0 radical (unpaired) electrons. The maximum Gasteiger partial charge on any atom is 0.249 e. The molecule has 2 aromatic carbocycles. The van der Waals surface area contributed by atoms with Crippen molar-refractivity contribution in [1.82, 2.24) is 10.2 Å². The predicted octanol–water partition coefficient (Wildman–Crippen LogP) is 3.33. The van der Waals surface area contributed by atoms with Crippen molar-refractivity contribution in [2.24, 2.45) is 0 Å². The number of hydrogen-bond acceptors (Lipinski definition) is 3. The van der Waals surface area contributed by atoms with Crippen LogP contribution in [0.4, 0.5) is 0 Å². The highest BCUT2D eigenvalue weighted by atomic mass is 16.5. The molecule has 2 amide bonds. The summed E-state index contributed by atoms with van der Waals surface area (Å²) in [6.07, 6.45) is 3.40. The Morgan fingerprint density at radius 3 is 2.22 bits per heavy atom. The van der Waals surface area contributed by atoms with E-state index in [2.05, 4.69) is 5.32 Å². The minimum absolute atomic E-state index is 0.0294. The van der Waals surface area contributed by atoms with Gasteiger partial charge in [-0.2, -0.15) is 0 Å². The molecular weight excluding hydrogens is 340 g/mol. The molecule has 27 heavy (non-hydrogen) atoms. The summed E-state index contributed by atoms with van der Waals surface area (Å²) in [5, 5.41) is 2.91. The Kier molecular flexibility index (Phi) is 6.85.